The molecule has 0 aliphatic carbocycles. The highest BCUT2D eigenvalue weighted by molar-refractivity contribution is 6.00. The van der Waals surface area contributed by atoms with Gasteiger partial charge in [-0.25, -0.2) is 0 Å². The molecule has 0 fully saturated rings. The maximum Gasteiger partial charge on any atom is 0.416 e. The minimum atomic E-state index is -4.69. The number of amides is 1. The number of nitrogens with one attached hydrogen (secondary N) is 1. The Labute approximate surface area is 99.1 Å². The van der Waals surface area contributed by atoms with Crippen molar-refractivity contribution in [1.82, 2.24) is 0 Å². The Morgan fingerprint density at radius 2 is 2.06 bits per heavy atom. The molecule has 0 radical (unpaired) electrons. The summed E-state index contributed by atoms with van der Waals surface area (Å²) in [6.07, 6.45) is -3.84. The van der Waals surface area contributed by atoms with Crippen molar-refractivity contribution in [3.63, 3.8) is 0 Å². The molecular weight excluding hydrogens is 253 g/mol. The number of rotatable bonds is 3. The second-order valence-electron chi connectivity index (χ2n) is 3.18. The third-order valence-electron chi connectivity index (χ3n) is 1.97. The number of benzene rings is 1. The Bertz CT molecular complexity index is 512. The average molecular weight is 260 g/mol. The fourth-order valence-corrected chi connectivity index (χ4v) is 1.15. The topological polar surface area (TPSA) is 72.2 Å². The van der Waals surface area contributed by atoms with Gasteiger partial charge in [0.2, 0.25) is 5.91 Å². The molecule has 0 aliphatic heterocycles. The van der Waals surface area contributed by atoms with Gasteiger partial charge < -0.3 is 5.32 Å². The van der Waals surface area contributed by atoms with Crippen LogP contribution in [-0.4, -0.2) is 10.8 Å². The summed E-state index contributed by atoms with van der Waals surface area (Å²) in [6.45, 7) is 3.13. The smallest absolute Gasteiger partial charge is 0.317 e. The van der Waals surface area contributed by atoms with Crippen LogP contribution in [0.4, 0.5) is 24.5 Å². The van der Waals surface area contributed by atoms with Crippen molar-refractivity contribution in [2.75, 3.05) is 5.32 Å². The summed E-state index contributed by atoms with van der Waals surface area (Å²) in [5.74, 6) is -0.752. The zero-order valence-electron chi connectivity index (χ0n) is 8.82. The van der Waals surface area contributed by atoms with Crippen LogP contribution in [0, 0.1) is 10.1 Å². The SMILES string of the molecule is C=CC(=O)Nc1ccc(C(F)(F)F)cc1[N+](=O)[O-]. The summed E-state index contributed by atoms with van der Waals surface area (Å²) in [6, 6.07) is 1.83. The van der Waals surface area contributed by atoms with Crippen LogP contribution in [0.5, 0.6) is 0 Å². The van der Waals surface area contributed by atoms with Crippen molar-refractivity contribution in [1.29, 1.82) is 0 Å². The van der Waals surface area contributed by atoms with E-state index < -0.39 is 28.3 Å². The molecule has 0 bridgehead atoms. The van der Waals surface area contributed by atoms with Crippen molar-refractivity contribution >= 4 is 17.3 Å². The molecule has 96 valence electrons. The number of alkyl halides is 3. The van der Waals surface area contributed by atoms with Crippen LogP contribution < -0.4 is 5.32 Å². The highest BCUT2D eigenvalue weighted by Crippen LogP contribution is 2.34. The van der Waals surface area contributed by atoms with E-state index in [-0.39, 0.29) is 5.69 Å². The Kier molecular flexibility index (Phi) is 3.70. The van der Waals surface area contributed by atoms with Gasteiger partial charge >= 0.3 is 6.18 Å². The Morgan fingerprint density at radius 3 is 2.50 bits per heavy atom. The largest absolute Gasteiger partial charge is 0.416 e. The van der Waals surface area contributed by atoms with E-state index in [9.17, 15) is 28.1 Å². The summed E-state index contributed by atoms with van der Waals surface area (Å²) < 4.78 is 37.1. The number of halogens is 3. The lowest BCUT2D eigenvalue weighted by Crippen LogP contribution is -2.11. The van der Waals surface area contributed by atoms with Gasteiger partial charge in [0.1, 0.15) is 5.69 Å². The van der Waals surface area contributed by atoms with Crippen molar-refractivity contribution < 1.29 is 22.9 Å². The lowest BCUT2D eigenvalue weighted by molar-refractivity contribution is -0.384. The van der Waals surface area contributed by atoms with E-state index in [4.69, 9.17) is 0 Å². The molecule has 1 amide bonds. The third kappa shape index (κ3) is 3.06. The van der Waals surface area contributed by atoms with Crippen LogP contribution in [0.1, 0.15) is 5.56 Å². The summed E-state index contributed by atoms with van der Waals surface area (Å²) in [5, 5.41) is 12.7. The zero-order chi connectivity index (χ0) is 13.9. The summed E-state index contributed by atoms with van der Waals surface area (Å²) in [4.78, 5) is 20.6. The Hall–Kier alpha value is -2.38. The quantitative estimate of drug-likeness (QED) is 0.516. The molecule has 0 heterocycles. The predicted molar refractivity (Wildman–Crippen MR) is 56.9 cm³/mol. The molecular formula is C10H7F3N2O3. The molecule has 5 nitrogen and oxygen atoms in total. The molecule has 0 aliphatic rings. The van der Waals surface area contributed by atoms with Gasteiger partial charge in [-0.2, -0.15) is 13.2 Å². The van der Waals surface area contributed by atoms with Crippen LogP contribution in [0.2, 0.25) is 0 Å². The highest BCUT2D eigenvalue weighted by atomic mass is 19.4. The van der Waals surface area contributed by atoms with Gasteiger partial charge in [0.15, 0.2) is 0 Å². The van der Waals surface area contributed by atoms with Crippen LogP contribution >= 0.6 is 0 Å². The first kappa shape index (κ1) is 13.7. The van der Waals surface area contributed by atoms with Crippen molar-refractivity contribution in [2.24, 2.45) is 0 Å². The van der Waals surface area contributed by atoms with E-state index >= 15 is 0 Å². The third-order valence-corrected chi connectivity index (χ3v) is 1.97. The van der Waals surface area contributed by atoms with Gasteiger partial charge in [0.25, 0.3) is 5.69 Å². The molecule has 0 unspecified atom stereocenters. The van der Waals surface area contributed by atoms with Gasteiger partial charge in [-0.1, -0.05) is 6.58 Å². The predicted octanol–water partition coefficient (Wildman–Crippen LogP) is 2.74. The van der Waals surface area contributed by atoms with Crippen LogP contribution in [-0.2, 0) is 11.0 Å². The first-order valence-corrected chi connectivity index (χ1v) is 4.54. The van der Waals surface area contributed by atoms with Crippen molar-refractivity contribution in [2.45, 2.75) is 6.18 Å². The summed E-state index contributed by atoms with van der Waals surface area (Å²) in [5.41, 5.74) is -2.32. The van der Waals surface area contributed by atoms with E-state index in [2.05, 4.69) is 11.9 Å². The normalized spacial score (nSPS) is 10.8. The molecule has 1 rings (SSSR count). The lowest BCUT2D eigenvalue weighted by Gasteiger charge is -2.08. The molecule has 8 heteroatoms. The van der Waals surface area contributed by atoms with E-state index in [0.29, 0.717) is 12.1 Å². The van der Waals surface area contributed by atoms with Gasteiger partial charge in [-0.15, -0.1) is 0 Å². The maximum atomic E-state index is 12.4. The van der Waals surface area contributed by atoms with Crippen LogP contribution in [0.3, 0.4) is 0 Å². The molecule has 1 aromatic rings. The van der Waals surface area contributed by atoms with Crippen molar-refractivity contribution in [3.05, 3.63) is 46.5 Å². The minimum Gasteiger partial charge on any atom is -0.317 e. The minimum absolute atomic E-state index is 0.321. The molecule has 1 N–H and O–H groups in total. The Balaban J connectivity index is 3.25. The fraction of sp³-hybridized carbons (Fsp3) is 0.100. The number of anilines is 1. The fourth-order valence-electron chi connectivity index (χ4n) is 1.15. The lowest BCUT2D eigenvalue weighted by atomic mass is 10.1. The van der Waals surface area contributed by atoms with Gasteiger partial charge in [-0.05, 0) is 18.2 Å². The van der Waals surface area contributed by atoms with Crippen LogP contribution in [0.25, 0.3) is 0 Å². The van der Waals surface area contributed by atoms with Crippen molar-refractivity contribution in [3.8, 4) is 0 Å². The Morgan fingerprint density at radius 1 is 1.44 bits per heavy atom. The zero-order valence-corrected chi connectivity index (χ0v) is 8.82. The molecule has 0 saturated heterocycles. The molecule has 1 aromatic carbocycles. The standard InChI is InChI=1S/C10H7F3N2O3/c1-2-9(16)14-7-4-3-6(10(11,12)13)5-8(7)15(17)18/h2-5H,1H2,(H,14,16). The molecule has 0 aromatic heterocycles. The number of nitrogens with zero attached hydrogens (tertiary/aromatic N) is 1. The average Bonchev–Trinajstić information content (AvgIpc) is 2.27. The number of hydrogen-bond acceptors (Lipinski definition) is 3. The van der Waals surface area contributed by atoms with E-state index in [1.807, 2.05) is 0 Å². The first-order chi connectivity index (χ1) is 8.25. The number of carbonyl (C=O) groups excluding carboxylic acids is 1. The number of hydrogen-bond donors (Lipinski definition) is 1. The second kappa shape index (κ2) is 4.86. The van der Waals surface area contributed by atoms with E-state index in [0.717, 1.165) is 12.1 Å². The number of nitro benzene ring substituents is 1. The summed E-state index contributed by atoms with van der Waals surface area (Å²) >= 11 is 0. The highest BCUT2D eigenvalue weighted by Gasteiger charge is 2.33. The maximum absolute atomic E-state index is 12.4. The van der Waals surface area contributed by atoms with E-state index in [1.165, 1.54) is 0 Å². The number of carbonyl (C=O) groups is 1. The van der Waals surface area contributed by atoms with Gasteiger partial charge in [0.05, 0.1) is 10.5 Å². The van der Waals surface area contributed by atoms with E-state index in [1.54, 1.807) is 0 Å². The van der Waals surface area contributed by atoms with Gasteiger partial charge in [-0.3, -0.25) is 14.9 Å². The second-order valence-corrected chi connectivity index (χ2v) is 3.18. The molecule has 0 saturated carbocycles. The molecule has 0 spiro atoms. The molecule has 0 atom stereocenters. The van der Waals surface area contributed by atoms with Crippen LogP contribution in [0.15, 0.2) is 30.9 Å². The first-order valence-electron chi connectivity index (χ1n) is 4.54. The molecule has 18 heavy (non-hydrogen) atoms. The monoisotopic (exact) mass is 260 g/mol. The summed E-state index contributed by atoms with van der Waals surface area (Å²) in [7, 11) is 0. The van der Waals surface area contributed by atoms with Gasteiger partial charge in [0, 0.05) is 6.07 Å². The number of nitro groups is 1.